The quantitative estimate of drug-likeness (QED) is 0.219. The van der Waals surface area contributed by atoms with Gasteiger partial charge >= 0.3 is 0 Å². The maximum absolute atomic E-state index is 6.44. The molecule has 0 aromatic heterocycles. The number of ether oxygens (including phenoxy) is 2. The second-order valence-electron chi connectivity index (χ2n) is 8.71. The minimum absolute atomic E-state index is 0.161. The van der Waals surface area contributed by atoms with Gasteiger partial charge in [-0.2, -0.15) is 0 Å². The number of benzene rings is 4. The molecule has 1 aliphatic heterocycles. The molecule has 5 rings (SSSR count). The van der Waals surface area contributed by atoms with Gasteiger partial charge in [-0.25, -0.2) is 0 Å². The lowest BCUT2D eigenvalue weighted by Crippen LogP contribution is -2.40. The summed E-state index contributed by atoms with van der Waals surface area (Å²) in [5.41, 5.74) is 2.55. The zero-order valence-corrected chi connectivity index (χ0v) is 20.2. The van der Waals surface area contributed by atoms with Crippen LogP contribution in [0.3, 0.4) is 0 Å². The van der Waals surface area contributed by atoms with Crippen molar-refractivity contribution in [2.24, 2.45) is 0 Å². The average Bonchev–Trinajstić information content (AvgIpc) is 2.91. The Hall–Kier alpha value is -2.79. The minimum Gasteiger partial charge on any atom is -0.493 e. The van der Waals surface area contributed by atoms with Crippen LogP contribution in [0, 0.1) is 0 Å². The van der Waals surface area contributed by atoms with Crippen LogP contribution < -0.4 is 10.1 Å². The maximum Gasteiger partial charge on any atom is 0.119 e. The van der Waals surface area contributed by atoms with E-state index < -0.39 is 0 Å². The van der Waals surface area contributed by atoms with E-state index in [9.17, 15) is 0 Å². The van der Waals surface area contributed by atoms with E-state index in [4.69, 9.17) is 9.47 Å². The van der Waals surface area contributed by atoms with Gasteiger partial charge in [0, 0.05) is 23.1 Å². The molecule has 0 amide bonds. The molecule has 1 fully saturated rings. The van der Waals surface area contributed by atoms with Crippen molar-refractivity contribution in [3.8, 4) is 5.75 Å². The van der Waals surface area contributed by atoms with Crippen LogP contribution in [0.5, 0.6) is 5.75 Å². The summed E-state index contributed by atoms with van der Waals surface area (Å²) in [6, 6.07) is 34.2. The summed E-state index contributed by atoms with van der Waals surface area (Å²) in [5, 5.41) is 6.04. The summed E-state index contributed by atoms with van der Waals surface area (Å²) < 4.78 is 12.4. The third-order valence-corrected chi connectivity index (χ3v) is 7.35. The van der Waals surface area contributed by atoms with Gasteiger partial charge in [-0.1, -0.05) is 66.7 Å². The van der Waals surface area contributed by atoms with Gasteiger partial charge in [-0.3, -0.25) is 0 Å². The van der Waals surface area contributed by atoms with Crippen molar-refractivity contribution in [1.82, 2.24) is 5.32 Å². The number of hydrogen-bond acceptors (Lipinski definition) is 4. The molecular weight excluding hydrogens is 438 g/mol. The fourth-order valence-electron chi connectivity index (χ4n) is 4.57. The zero-order chi connectivity index (χ0) is 23.0. The highest BCUT2D eigenvalue weighted by atomic mass is 32.2. The first-order valence-electron chi connectivity index (χ1n) is 12.1. The molecule has 4 aromatic rings. The first-order chi connectivity index (χ1) is 16.8. The van der Waals surface area contributed by atoms with E-state index in [2.05, 4.69) is 96.3 Å². The largest absolute Gasteiger partial charge is 0.493 e. The van der Waals surface area contributed by atoms with Gasteiger partial charge in [0.1, 0.15) is 5.75 Å². The Kier molecular flexibility index (Phi) is 7.82. The molecule has 4 heteroatoms. The van der Waals surface area contributed by atoms with Crippen LogP contribution in [0.25, 0.3) is 10.8 Å². The van der Waals surface area contributed by atoms with E-state index in [0.29, 0.717) is 19.1 Å². The molecule has 0 spiro atoms. The molecule has 0 bridgehead atoms. The van der Waals surface area contributed by atoms with Crippen LogP contribution >= 0.6 is 11.8 Å². The summed E-state index contributed by atoms with van der Waals surface area (Å²) in [7, 11) is 0. The van der Waals surface area contributed by atoms with Crippen LogP contribution in [-0.4, -0.2) is 31.6 Å². The molecular formula is C30H31NO2S. The van der Waals surface area contributed by atoms with E-state index in [-0.39, 0.29) is 6.10 Å². The molecule has 34 heavy (non-hydrogen) atoms. The first-order valence-corrected chi connectivity index (χ1v) is 13.0. The van der Waals surface area contributed by atoms with Crippen molar-refractivity contribution in [1.29, 1.82) is 0 Å². The minimum atomic E-state index is 0.161. The standard InChI is InChI=1S/C30H31NO2S/c1-2-8-28(9-3-1)34-19-18-32-27-14-12-25(13-15-27)29-16-17-31-21-30(29)33-22-23-10-11-24-6-4-5-7-26(24)20-23/h1-15,20,29-31H,16-19,21-22H2. The van der Waals surface area contributed by atoms with Crippen LogP contribution in [0.4, 0.5) is 0 Å². The van der Waals surface area contributed by atoms with Crippen molar-refractivity contribution < 1.29 is 9.47 Å². The molecule has 1 heterocycles. The molecule has 4 aromatic carbocycles. The second kappa shape index (κ2) is 11.6. The van der Waals surface area contributed by atoms with E-state index in [1.807, 2.05) is 17.8 Å². The summed E-state index contributed by atoms with van der Waals surface area (Å²) >= 11 is 1.82. The second-order valence-corrected chi connectivity index (χ2v) is 9.88. The Morgan fingerprint density at radius 1 is 0.824 bits per heavy atom. The fourth-order valence-corrected chi connectivity index (χ4v) is 5.32. The molecule has 0 aliphatic carbocycles. The molecule has 174 valence electrons. The monoisotopic (exact) mass is 469 g/mol. The normalized spacial score (nSPS) is 18.1. The van der Waals surface area contributed by atoms with E-state index in [0.717, 1.165) is 31.0 Å². The Morgan fingerprint density at radius 3 is 2.47 bits per heavy atom. The third-order valence-electron chi connectivity index (χ3n) is 6.38. The molecule has 1 N–H and O–H groups in total. The lowest BCUT2D eigenvalue weighted by Gasteiger charge is -2.32. The molecule has 1 saturated heterocycles. The number of rotatable bonds is 9. The molecule has 2 atom stereocenters. The van der Waals surface area contributed by atoms with E-state index in [1.54, 1.807) is 0 Å². The Morgan fingerprint density at radius 2 is 1.62 bits per heavy atom. The van der Waals surface area contributed by atoms with Gasteiger partial charge in [-0.15, -0.1) is 11.8 Å². The van der Waals surface area contributed by atoms with E-state index >= 15 is 0 Å². The highest BCUT2D eigenvalue weighted by Crippen LogP contribution is 2.30. The molecule has 0 radical (unpaired) electrons. The first kappa shape index (κ1) is 23.0. The van der Waals surface area contributed by atoms with Gasteiger partial charge in [-0.05, 0) is 65.2 Å². The average molecular weight is 470 g/mol. The molecule has 2 unspecified atom stereocenters. The van der Waals surface area contributed by atoms with Crippen molar-refractivity contribution >= 4 is 22.5 Å². The van der Waals surface area contributed by atoms with Crippen LogP contribution in [0.1, 0.15) is 23.5 Å². The SMILES string of the molecule is c1ccc(SCCOc2ccc(C3CCNCC3OCc3ccc4ccccc4c3)cc2)cc1. The van der Waals surface area contributed by atoms with Crippen LogP contribution in [-0.2, 0) is 11.3 Å². The number of thioether (sulfide) groups is 1. The zero-order valence-electron chi connectivity index (χ0n) is 19.4. The molecule has 1 aliphatic rings. The number of hydrogen-bond donors (Lipinski definition) is 1. The lowest BCUT2D eigenvalue weighted by atomic mass is 9.87. The van der Waals surface area contributed by atoms with Crippen molar-refractivity contribution in [2.75, 3.05) is 25.4 Å². The number of fused-ring (bicyclic) bond motifs is 1. The summed E-state index contributed by atoms with van der Waals surface area (Å²) in [4.78, 5) is 1.28. The van der Waals surface area contributed by atoms with Crippen molar-refractivity contribution in [3.05, 3.63) is 108 Å². The predicted octanol–water partition coefficient (Wildman–Crippen LogP) is 6.67. The Bertz CT molecular complexity index is 1180. The maximum atomic E-state index is 6.44. The smallest absolute Gasteiger partial charge is 0.119 e. The van der Waals surface area contributed by atoms with Gasteiger partial charge in [0.05, 0.1) is 19.3 Å². The van der Waals surface area contributed by atoms with Gasteiger partial charge in [0.15, 0.2) is 0 Å². The highest BCUT2D eigenvalue weighted by Gasteiger charge is 2.27. The van der Waals surface area contributed by atoms with Crippen molar-refractivity contribution in [3.63, 3.8) is 0 Å². The number of nitrogens with one attached hydrogen (secondary N) is 1. The van der Waals surface area contributed by atoms with Crippen LogP contribution in [0.2, 0.25) is 0 Å². The Labute approximate surface area is 206 Å². The van der Waals surface area contributed by atoms with E-state index in [1.165, 1.54) is 26.8 Å². The van der Waals surface area contributed by atoms with Gasteiger partial charge in [0.2, 0.25) is 0 Å². The predicted molar refractivity (Wildman–Crippen MR) is 142 cm³/mol. The van der Waals surface area contributed by atoms with Gasteiger partial charge in [0.25, 0.3) is 0 Å². The fraction of sp³-hybridized carbons (Fsp3) is 0.267. The topological polar surface area (TPSA) is 30.5 Å². The Balaban J connectivity index is 1.15. The summed E-state index contributed by atoms with van der Waals surface area (Å²) in [6.45, 7) is 3.24. The molecule has 0 saturated carbocycles. The van der Waals surface area contributed by atoms with Crippen LogP contribution in [0.15, 0.2) is 102 Å². The summed E-state index contributed by atoms with van der Waals surface area (Å²) in [6.07, 6.45) is 1.24. The lowest BCUT2D eigenvalue weighted by molar-refractivity contribution is 0.0106. The number of piperidine rings is 1. The third kappa shape index (κ3) is 6.01. The van der Waals surface area contributed by atoms with Gasteiger partial charge < -0.3 is 14.8 Å². The summed E-state index contributed by atoms with van der Waals surface area (Å²) in [5.74, 6) is 2.26. The highest BCUT2D eigenvalue weighted by molar-refractivity contribution is 7.99. The van der Waals surface area contributed by atoms with Crippen molar-refractivity contribution in [2.45, 2.75) is 29.9 Å². The molecule has 3 nitrogen and oxygen atoms in total.